The Morgan fingerprint density at radius 2 is 2.10 bits per heavy atom. The van der Waals surface area contributed by atoms with Gasteiger partial charge in [-0.2, -0.15) is 0 Å². The number of nitrogens with zero attached hydrogens (tertiary/aromatic N) is 5. The second kappa shape index (κ2) is 8.02. The van der Waals surface area contributed by atoms with Crippen molar-refractivity contribution in [3.05, 3.63) is 72.6 Å². The summed E-state index contributed by atoms with van der Waals surface area (Å²) in [7, 11) is 0. The van der Waals surface area contributed by atoms with Crippen molar-refractivity contribution < 1.29 is 4.79 Å². The molecule has 7 nitrogen and oxygen atoms in total. The lowest BCUT2D eigenvalue weighted by molar-refractivity contribution is 0.0672. The Morgan fingerprint density at radius 1 is 1.17 bits per heavy atom. The SMILES string of the molecule is O=C(c1cnc2ccccc2c1)N1CCC[C@H](Cc2cncc(-c3ncc[nH]3)n2)C1. The smallest absolute Gasteiger partial charge is 0.255 e. The maximum absolute atomic E-state index is 13.1. The van der Waals surface area contributed by atoms with Gasteiger partial charge >= 0.3 is 0 Å². The van der Waals surface area contributed by atoms with Crippen LogP contribution in [0.1, 0.15) is 28.9 Å². The number of likely N-dealkylation sites (tertiary alicyclic amines) is 1. The van der Waals surface area contributed by atoms with Crippen molar-refractivity contribution >= 4 is 16.8 Å². The Kier molecular flexibility index (Phi) is 4.93. The van der Waals surface area contributed by atoms with Gasteiger partial charge in [0.1, 0.15) is 5.69 Å². The molecular formula is C23H22N6O. The summed E-state index contributed by atoms with van der Waals surface area (Å²) in [5.41, 5.74) is 3.22. The quantitative estimate of drug-likeness (QED) is 0.568. The molecule has 1 atom stereocenters. The third kappa shape index (κ3) is 3.78. The molecule has 4 aromatic rings. The number of fused-ring (bicyclic) bond motifs is 1. The van der Waals surface area contributed by atoms with Gasteiger partial charge in [0, 0.05) is 43.3 Å². The average Bonchev–Trinajstić information content (AvgIpc) is 3.34. The van der Waals surface area contributed by atoms with Crippen molar-refractivity contribution in [1.29, 1.82) is 0 Å². The van der Waals surface area contributed by atoms with Gasteiger partial charge in [0.05, 0.1) is 23.0 Å². The molecule has 0 saturated carbocycles. The minimum atomic E-state index is 0.0494. The number of amides is 1. The highest BCUT2D eigenvalue weighted by Crippen LogP contribution is 2.23. The first-order valence-electron chi connectivity index (χ1n) is 10.2. The van der Waals surface area contributed by atoms with E-state index >= 15 is 0 Å². The molecule has 1 aliphatic rings. The van der Waals surface area contributed by atoms with Crippen LogP contribution in [0.15, 0.2) is 61.3 Å². The fourth-order valence-electron chi connectivity index (χ4n) is 4.11. The monoisotopic (exact) mass is 398 g/mol. The molecule has 1 amide bonds. The van der Waals surface area contributed by atoms with Gasteiger partial charge in [-0.15, -0.1) is 0 Å². The predicted molar refractivity (Wildman–Crippen MR) is 114 cm³/mol. The molecule has 0 aliphatic carbocycles. The van der Waals surface area contributed by atoms with Crippen LogP contribution in [-0.4, -0.2) is 48.8 Å². The van der Waals surface area contributed by atoms with Crippen LogP contribution in [0.4, 0.5) is 0 Å². The summed E-state index contributed by atoms with van der Waals surface area (Å²) in [6.07, 6.45) is 11.5. The molecule has 1 aromatic carbocycles. The molecule has 7 heteroatoms. The topological polar surface area (TPSA) is 87.7 Å². The van der Waals surface area contributed by atoms with Gasteiger partial charge in [-0.05, 0) is 37.3 Å². The van der Waals surface area contributed by atoms with Gasteiger partial charge in [0.25, 0.3) is 5.91 Å². The molecule has 5 rings (SSSR count). The highest BCUT2D eigenvalue weighted by atomic mass is 16.2. The first-order valence-corrected chi connectivity index (χ1v) is 10.2. The number of pyridine rings is 1. The number of rotatable bonds is 4. The number of para-hydroxylation sites is 1. The second-order valence-electron chi connectivity index (χ2n) is 7.71. The number of H-pyrrole nitrogens is 1. The van der Waals surface area contributed by atoms with Crippen LogP contribution >= 0.6 is 0 Å². The number of imidazole rings is 1. The van der Waals surface area contributed by atoms with Crippen LogP contribution in [0, 0.1) is 5.92 Å². The highest BCUT2D eigenvalue weighted by molar-refractivity contribution is 5.97. The van der Waals surface area contributed by atoms with E-state index in [1.165, 1.54) is 0 Å². The first kappa shape index (κ1) is 18.4. The first-order chi connectivity index (χ1) is 14.8. The average molecular weight is 398 g/mol. The Balaban J connectivity index is 1.30. The van der Waals surface area contributed by atoms with Crippen molar-refractivity contribution in [2.45, 2.75) is 19.3 Å². The highest BCUT2D eigenvalue weighted by Gasteiger charge is 2.25. The van der Waals surface area contributed by atoms with Gasteiger partial charge in [0.2, 0.25) is 0 Å². The van der Waals surface area contributed by atoms with Gasteiger partial charge < -0.3 is 9.88 Å². The molecule has 3 aromatic heterocycles. The standard InChI is InChI=1S/C23H22N6O/c30-23(18-11-17-5-1-2-6-20(17)27-12-18)29-9-3-4-16(15-29)10-19-13-24-14-21(28-19)22-25-7-8-26-22/h1-2,5-8,11-14,16H,3-4,9-10,15H2,(H,25,26)/t16-/m1/s1. The summed E-state index contributed by atoms with van der Waals surface area (Å²) in [5, 5.41) is 0.988. The maximum atomic E-state index is 13.1. The van der Waals surface area contributed by atoms with Crippen molar-refractivity contribution in [2.24, 2.45) is 5.92 Å². The fourth-order valence-corrected chi connectivity index (χ4v) is 4.11. The Morgan fingerprint density at radius 3 is 3.00 bits per heavy atom. The lowest BCUT2D eigenvalue weighted by atomic mass is 9.93. The number of aromatic amines is 1. The molecule has 1 aliphatic heterocycles. The molecule has 150 valence electrons. The summed E-state index contributed by atoms with van der Waals surface area (Å²) in [6.45, 7) is 1.50. The molecule has 0 unspecified atom stereocenters. The zero-order valence-electron chi connectivity index (χ0n) is 16.5. The lowest BCUT2D eigenvalue weighted by Crippen LogP contribution is -2.40. The predicted octanol–water partition coefficient (Wildman–Crippen LogP) is 3.51. The third-order valence-electron chi connectivity index (χ3n) is 5.57. The summed E-state index contributed by atoms with van der Waals surface area (Å²) >= 11 is 0. The van der Waals surface area contributed by atoms with E-state index in [-0.39, 0.29) is 5.91 Å². The van der Waals surface area contributed by atoms with Gasteiger partial charge in [-0.3, -0.25) is 14.8 Å². The number of piperidine rings is 1. The molecule has 1 fully saturated rings. The molecule has 0 bridgehead atoms. The molecule has 1 N–H and O–H groups in total. The number of hydrogen-bond donors (Lipinski definition) is 1. The van der Waals surface area contributed by atoms with Crippen LogP contribution in [0.3, 0.4) is 0 Å². The van der Waals surface area contributed by atoms with Crippen molar-refractivity contribution in [3.8, 4) is 11.5 Å². The van der Waals surface area contributed by atoms with Crippen LogP contribution in [0.25, 0.3) is 22.4 Å². The van der Waals surface area contributed by atoms with Gasteiger partial charge in [-0.1, -0.05) is 18.2 Å². The largest absolute Gasteiger partial charge is 0.343 e. The third-order valence-corrected chi connectivity index (χ3v) is 5.57. The summed E-state index contributed by atoms with van der Waals surface area (Å²) in [5.74, 6) is 1.12. The minimum Gasteiger partial charge on any atom is -0.343 e. The molecule has 4 heterocycles. The second-order valence-corrected chi connectivity index (χ2v) is 7.71. The molecule has 30 heavy (non-hydrogen) atoms. The van der Waals surface area contributed by atoms with Crippen LogP contribution in [0.5, 0.6) is 0 Å². The van der Waals surface area contributed by atoms with E-state index in [2.05, 4.69) is 19.9 Å². The van der Waals surface area contributed by atoms with E-state index in [1.807, 2.05) is 35.2 Å². The zero-order valence-corrected chi connectivity index (χ0v) is 16.5. The molecular weight excluding hydrogens is 376 g/mol. The summed E-state index contributed by atoms with van der Waals surface area (Å²) in [6, 6.07) is 9.80. The lowest BCUT2D eigenvalue weighted by Gasteiger charge is -2.32. The number of benzene rings is 1. The number of aromatic nitrogens is 5. The van der Waals surface area contributed by atoms with E-state index in [0.29, 0.717) is 17.3 Å². The maximum Gasteiger partial charge on any atom is 0.255 e. The summed E-state index contributed by atoms with van der Waals surface area (Å²) in [4.78, 5) is 35.8. The fraction of sp³-hybridized carbons (Fsp3) is 0.261. The van der Waals surface area contributed by atoms with E-state index in [0.717, 1.165) is 54.6 Å². The van der Waals surface area contributed by atoms with Crippen LogP contribution < -0.4 is 0 Å². The van der Waals surface area contributed by atoms with Crippen molar-refractivity contribution in [3.63, 3.8) is 0 Å². The van der Waals surface area contributed by atoms with E-state index in [4.69, 9.17) is 4.98 Å². The van der Waals surface area contributed by atoms with E-state index in [1.54, 1.807) is 31.0 Å². The molecule has 0 radical (unpaired) electrons. The normalized spacial score (nSPS) is 16.7. The number of carbonyl (C=O) groups excluding carboxylic acids is 1. The van der Waals surface area contributed by atoms with Crippen LogP contribution in [-0.2, 0) is 6.42 Å². The minimum absolute atomic E-state index is 0.0494. The van der Waals surface area contributed by atoms with Crippen molar-refractivity contribution in [1.82, 2.24) is 29.8 Å². The van der Waals surface area contributed by atoms with Gasteiger partial charge in [-0.25, -0.2) is 9.97 Å². The van der Waals surface area contributed by atoms with Crippen molar-refractivity contribution in [2.75, 3.05) is 13.1 Å². The number of nitrogens with one attached hydrogen (secondary N) is 1. The molecule has 0 spiro atoms. The summed E-state index contributed by atoms with van der Waals surface area (Å²) < 4.78 is 0. The zero-order chi connectivity index (χ0) is 20.3. The Labute approximate surface area is 174 Å². The van der Waals surface area contributed by atoms with E-state index in [9.17, 15) is 4.79 Å². The number of hydrogen-bond acceptors (Lipinski definition) is 5. The molecule has 1 saturated heterocycles. The Bertz CT molecular complexity index is 1170. The van der Waals surface area contributed by atoms with Gasteiger partial charge in [0.15, 0.2) is 5.82 Å². The Hall–Kier alpha value is -3.61. The van der Waals surface area contributed by atoms with Crippen LogP contribution in [0.2, 0.25) is 0 Å². The number of carbonyl (C=O) groups is 1. The van der Waals surface area contributed by atoms with E-state index < -0.39 is 0 Å².